The van der Waals surface area contributed by atoms with Crippen molar-refractivity contribution < 1.29 is 19.1 Å². The molecule has 27 heavy (non-hydrogen) atoms. The first kappa shape index (κ1) is 20.2. The van der Waals surface area contributed by atoms with Gasteiger partial charge in [-0.3, -0.25) is 4.79 Å². The maximum Gasteiger partial charge on any atom is 0.331 e. The quantitative estimate of drug-likeness (QED) is 0.582. The lowest BCUT2D eigenvalue weighted by Crippen LogP contribution is -2.29. The number of nitrogens with one attached hydrogen (secondary N) is 1. The summed E-state index contributed by atoms with van der Waals surface area (Å²) < 4.78 is 10.2. The van der Waals surface area contributed by atoms with E-state index in [1.807, 2.05) is 24.3 Å². The van der Waals surface area contributed by atoms with Crippen molar-refractivity contribution in [1.29, 1.82) is 0 Å². The van der Waals surface area contributed by atoms with Crippen LogP contribution in [-0.4, -0.2) is 25.1 Å². The molecule has 0 spiro atoms. The first-order valence-corrected chi connectivity index (χ1v) is 8.82. The van der Waals surface area contributed by atoms with Crippen molar-refractivity contribution in [2.75, 3.05) is 12.4 Å². The van der Waals surface area contributed by atoms with Crippen LogP contribution in [-0.2, 0) is 14.3 Å². The predicted molar refractivity (Wildman–Crippen MR) is 107 cm³/mol. The number of carbonyl (C=O) groups is 2. The molecule has 0 aliphatic carbocycles. The van der Waals surface area contributed by atoms with Gasteiger partial charge >= 0.3 is 5.97 Å². The van der Waals surface area contributed by atoms with E-state index >= 15 is 0 Å². The number of rotatable bonds is 7. The second kappa shape index (κ2) is 9.57. The molecule has 0 bridgehead atoms. The average molecular weight is 367 g/mol. The van der Waals surface area contributed by atoms with Crippen molar-refractivity contribution in [2.45, 2.75) is 32.8 Å². The van der Waals surface area contributed by atoms with E-state index in [0.29, 0.717) is 17.4 Å². The fourth-order valence-corrected chi connectivity index (χ4v) is 2.34. The molecule has 0 aliphatic rings. The van der Waals surface area contributed by atoms with Crippen LogP contribution in [0.25, 0.3) is 6.08 Å². The Morgan fingerprint density at radius 1 is 0.963 bits per heavy atom. The zero-order valence-corrected chi connectivity index (χ0v) is 16.1. The monoisotopic (exact) mass is 367 g/mol. The highest BCUT2D eigenvalue weighted by Gasteiger charge is 2.16. The molecule has 0 fully saturated rings. The molecule has 0 saturated heterocycles. The van der Waals surface area contributed by atoms with Gasteiger partial charge in [0.1, 0.15) is 5.75 Å². The van der Waals surface area contributed by atoms with Gasteiger partial charge in [-0.05, 0) is 54.3 Å². The number of ether oxygens (including phenoxy) is 2. The van der Waals surface area contributed by atoms with Crippen molar-refractivity contribution >= 4 is 23.6 Å². The molecule has 0 unspecified atom stereocenters. The summed E-state index contributed by atoms with van der Waals surface area (Å²) in [7, 11) is 1.57. The lowest BCUT2D eigenvalue weighted by molar-refractivity contribution is -0.148. The van der Waals surface area contributed by atoms with Crippen LogP contribution in [0.15, 0.2) is 54.6 Å². The van der Waals surface area contributed by atoms with E-state index in [4.69, 9.17) is 9.47 Å². The Bertz CT molecular complexity index is 792. The van der Waals surface area contributed by atoms with Gasteiger partial charge in [0.05, 0.1) is 7.11 Å². The number of benzene rings is 2. The highest BCUT2D eigenvalue weighted by molar-refractivity contribution is 5.96. The minimum absolute atomic E-state index is 0.400. The molecule has 2 aromatic carbocycles. The standard InChI is InChI=1S/C22H25NO4/c1-15(2)18-8-5-17(6-9-18)7-14-21(24)27-16(3)22(25)23-19-10-12-20(26-4)13-11-19/h5-16H,1-4H3,(H,23,25)/b14-7+/t16-/m1/s1. The summed E-state index contributed by atoms with van der Waals surface area (Å²) in [4.78, 5) is 24.1. The Kier molecular flexibility index (Phi) is 7.17. The number of anilines is 1. The number of esters is 1. The van der Waals surface area contributed by atoms with Gasteiger partial charge in [-0.1, -0.05) is 38.1 Å². The SMILES string of the molecule is COc1ccc(NC(=O)[C@@H](C)OC(=O)/C=C/c2ccc(C(C)C)cc2)cc1. The first-order chi connectivity index (χ1) is 12.9. The summed E-state index contributed by atoms with van der Waals surface area (Å²) >= 11 is 0. The van der Waals surface area contributed by atoms with Crippen LogP contribution in [0.4, 0.5) is 5.69 Å². The van der Waals surface area contributed by atoms with E-state index in [9.17, 15) is 9.59 Å². The van der Waals surface area contributed by atoms with E-state index in [2.05, 4.69) is 19.2 Å². The van der Waals surface area contributed by atoms with Crippen molar-refractivity contribution in [2.24, 2.45) is 0 Å². The zero-order valence-electron chi connectivity index (χ0n) is 16.1. The molecule has 2 rings (SSSR count). The number of hydrogen-bond donors (Lipinski definition) is 1. The predicted octanol–water partition coefficient (Wildman–Crippen LogP) is 4.40. The number of amides is 1. The van der Waals surface area contributed by atoms with Crippen molar-refractivity contribution in [1.82, 2.24) is 0 Å². The molecule has 2 aromatic rings. The Labute approximate surface area is 160 Å². The van der Waals surface area contributed by atoms with Gasteiger partial charge in [0.2, 0.25) is 0 Å². The van der Waals surface area contributed by atoms with E-state index in [-0.39, 0.29) is 0 Å². The van der Waals surface area contributed by atoms with Crippen LogP contribution >= 0.6 is 0 Å². The maximum absolute atomic E-state index is 12.1. The maximum atomic E-state index is 12.1. The Hall–Kier alpha value is -3.08. The van der Waals surface area contributed by atoms with Crippen LogP contribution in [0, 0.1) is 0 Å². The molecular formula is C22H25NO4. The molecule has 5 heteroatoms. The molecule has 0 radical (unpaired) electrons. The fraction of sp³-hybridized carbons (Fsp3) is 0.273. The Balaban J connectivity index is 1.86. The fourth-order valence-electron chi connectivity index (χ4n) is 2.34. The molecule has 1 atom stereocenters. The van der Waals surface area contributed by atoms with Crippen molar-refractivity contribution in [3.05, 3.63) is 65.7 Å². The topological polar surface area (TPSA) is 64.6 Å². The second-order valence-corrected chi connectivity index (χ2v) is 6.45. The van der Waals surface area contributed by atoms with Crippen LogP contribution in [0.2, 0.25) is 0 Å². The van der Waals surface area contributed by atoms with Gasteiger partial charge in [0.25, 0.3) is 5.91 Å². The Morgan fingerprint density at radius 3 is 2.15 bits per heavy atom. The second-order valence-electron chi connectivity index (χ2n) is 6.45. The first-order valence-electron chi connectivity index (χ1n) is 8.82. The molecule has 5 nitrogen and oxygen atoms in total. The molecule has 142 valence electrons. The summed E-state index contributed by atoms with van der Waals surface area (Å²) in [5, 5.41) is 2.69. The number of carbonyl (C=O) groups excluding carboxylic acids is 2. The summed E-state index contributed by atoms with van der Waals surface area (Å²) in [6, 6.07) is 14.8. The minimum atomic E-state index is -0.910. The third-order valence-corrected chi connectivity index (χ3v) is 4.03. The van der Waals surface area contributed by atoms with Gasteiger partial charge in [-0.25, -0.2) is 4.79 Å². The van der Waals surface area contributed by atoms with Crippen molar-refractivity contribution in [3.8, 4) is 5.75 Å². The van der Waals surface area contributed by atoms with E-state index in [0.717, 1.165) is 5.56 Å². The lowest BCUT2D eigenvalue weighted by Gasteiger charge is -2.12. The highest BCUT2D eigenvalue weighted by atomic mass is 16.5. The summed E-state index contributed by atoms with van der Waals surface area (Å²) in [5.41, 5.74) is 2.73. The summed E-state index contributed by atoms with van der Waals surface area (Å²) in [6.07, 6.45) is 2.08. The molecule has 0 aromatic heterocycles. The largest absolute Gasteiger partial charge is 0.497 e. The third kappa shape index (κ3) is 6.29. The molecule has 0 saturated carbocycles. The minimum Gasteiger partial charge on any atom is -0.497 e. The molecule has 1 amide bonds. The van der Waals surface area contributed by atoms with Crippen LogP contribution in [0.1, 0.15) is 37.8 Å². The number of hydrogen-bond acceptors (Lipinski definition) is 4. The Morgan fingerprint density at radius 2 is 1.59 bits per heavy atom. The summed E-state index contributed by atoms with van der Waals surface area (Å²) in [5.74, 6) is 0.181. The average Bonchev–Trinajstić information content (AvgIpc) is 2.67. The third-order valence-electron chi connectivity index (χ3n) is 4.03. The van der Waals surface area contributed by atoms with Crippen LogP contribution in [0.3, 0.4) is 0 Å². The number of methoxy groups -OCH3 is 1. The van der Waals surface area contributed by atoms with Gasteiger partial charge in [0, 0.05) is 11.8 Å². The molecule has 1 N–H and O–H groups in total. The lowest BCUT2D eigenvalue weighted by atomic mass is 10.0. The van der Waals surface area contributed by atoms with E-state index in [1.165, 1.54) is 18.6 Å². The van der Waals surface area contributed by atoms with Crippen LogP contribution < -0.4 is 10.1 Å². The van der Waals surface area contributed by atoms with Crippen LogP contribution in [0.5, 0.6) is 5.75 Å². The molecular weight excluding hydrogens is 342 g/mol. The molecule has 0 aliphatic heterocycles. The highest BCUT2D eigenvalue weighted by Crippen LogP contribution is 2.16. The zero-order chi connectivity index (χ0) is 19.8. The smallest absolute Gasteiger partial charge is 0.331 e. The van der Waals surface area contributed by atoms with Gasteiger partial charge < -0.3 is 14.8 Å². The normalized spacial score (nSPS) is 12.0. The summed E-state index contributed by atoms with van der Waals surface area (Å²) in [6.45, 7) is 5.78. The van der Waals surface area contributed by atoms with Gasteiger partial charge in [0.15, 0.2) is 6.10 Å². The van der Waals surface area contributed by atoms with E-state index in [1.54, 1.807) is 37.5 Å². The van der Waals surface area contributed by atoms with Gasteiger partial charge in [-0.15, -0.1) is 0 Å². The van der Waals surface area contributed by atoms with Gasteiger partial charge in [-0.2, -0.15) is 0 Å². The van der Waals surface area contributed by atoms with E-state index < -0.39 is 18.0 Å². The molecule has 0 heterocycles. The van der Waals surface area contributed by atoms with Crippen molar-refractivity contribution in [3.63, 3.8) is 0 Å².